The van der Waals surface area contributed by atoms with Gasteiger partial charge in [-0.3, -0.25) is 28.3 Å². The highest BCUT2D eigenvalue weighted by Gasteiger charge is 2.55. The molecule has 17 heteroatoms. The molecule has 45 heavy (non-hydrogen) atoms. The fourth-order valence-corrected chi connectivity index (χ4v) is 6.20. The van der Waals surface area contributed by atoms with E-state index in [-0.39, 0.29) is 23.0 Å². The lowest BCUT2D eigenvalue weighted by Crippen LogP contribution is -2.71. The molecule has 15 nitrogen and oxygen atoms in total. The number of benzene rings is 1. The summed E-state index contributed by atoms with van der Waals surface area (Å²) >= 11 is 1.21. The van der Waals surface area contributed by atoms with Gasteiger partial charge in [-0.25, -0.2) is 4.79 Å². The maximum absolute atomic E-state index is 13.2. The fraction of sp³-hybridized carbons (Fsp3) is 0.500. The number of esters is 2. The van der Waals surface area contributed by atoms with E-state index in [1.807, 2.05) is 0 Å². The normalized spacial score (nSPS) is 19.2. The molecule has 0 bridgehead atoms. The second-order valence-corrected chi connectivity index (χ2v) is 13.7. The van der Waals surface area contributed by atoms with Crippen LogP contribution in [0.4, 0.5) is 0 Å². The van der Waals surface area contributed by atoms with E-state index in [1.165, 1.54) is 37.9 Å². The number of thioether (sulfide) groups is 1. The number of Topliss-reactive ketones (excluding diaryl/α,β-unsaturated/α-hetero) is 1. The average molecular weight is 670 g/mol. The molecular weight excluding hydrogens is 634 g/mol. The Morgan fingerprint density at radius 1 is 1.11 bits per heavy atom. The van der Waals surface area contributed by atoms with Crippen molar-refractivity contribution in [3.63, 3.8) is 0 Å². The van der Waals surface area contributed by atoms with Gasteiger partial charge in [0.1, 0.15) is 30.8 Å². The Hall–Kier alpha value is -3.80. The first-order chi connectivity index (χ1) is 21.0. The highest BCUT2D eigenvalue weighted by Crippen LogP contribution is 2.41. The summed E-state index contributed by atoms with van der Waals surface area (Å²) in [6.07, 6.45) is -1.27. The van der Waals surface area contributed by atoms with Gasteiger partial charge in [-0.05, 0) is 45.4 Å². The minimum absolute atomic E-state index is 0.00817. The smallest absolute Gasteiger partial charge is 0.358 e. The number of hydrogen-bond donors (Lipinski definition) is 1. The second-order valence-electron chi connectivity index (χ2n) is 10.9. The van der Waals surface area contributed by atoms with Crippen molar-refractivity contribution in [3.8, 4) is 0 Å². The number of amides is 2. The zero-order chi connectivity index (χ0) is 33.7. The largest absolute Gasteiger partial charge is 0.425 e. The molecule has 0 aliphatic carbocycles. The predicted molar refractivity (Wildman–Crippen MR) is 159 cm³/mol. The van der Waals surface area contributed by atoms with Crippen LogP contribution in [-0.2, 0) is 57.3 Å². The monoisotopic (exact) mass is 669 g/mol. The zero-order valence-corrected chi connectivity index (χ0v) is 27.4. The van der Waals surface area contributed by atoms with Gasteiger partial charge in [0.05, 0.1) is 16.9 Å². The molecule has 2 heterocycles. The van der Waals surface area contributed by atoms with Crippen molar-refractivity contribution in [1.29, 1.82) is 0 Å². The van der Waals surface area contributed by atoms with Crippen LogP contribution in [-0.4, -0.2) is 99.5 Å². The number of carbonyl (C=O) groups is 5. The first kappa shape index (κ1) is 35.7. The third kappa shape index (κ3) is 8.47. The number of oxime groups is 1. The van der Waals surface area contributed by atoms with E-state index in [2.05, 4.69) is 15.3 Å². The van der Waals surface area contributed by atoms with Crippen molar-refractivity contribution in [2.75, 3.05) is 33.2 Å². The van der Waals surface area contributed by atoms with Gasteiger partial charge in [0.15, 0.2) is 0 Å². The number of nitrogens with zero attached hydrogens (tertiary/aromatic N) is 2. The lowest BCUT2D eigenvalue weighted by molar-refractivity contribution is -0.190. The minimum atomic E-state index is -4.33. The Kier molecular flexibility index (Phi) is 11.5. The Bertz CT molecular complexity index is 1510. The molecule has 3 rings (SSSR count). The van der Waals surface area contributed by atoms with Crippen LogP contribution in [0, 0.1) is 12.3 Å². The van der Waals surface area contributed by atoms with Crippen LogP contribution in [0.25, 0.3) is 0 Å². The highest BCUT2D eigenvalue weighted by molar-refractivity contribution is 8.00. The van der Waals surface area contributed by atoms with E-state index in [0.29, 0.717) is 5.57 Å². The van der Waals surface area contributed by atoms with E-state index in [4.69, 9.17) is 18.4 Å². The number of ketones is 1. The molecule has 2 unspecified atom stereocenters. The lowest BCUT2D eigenvalue weighted by Gasteiger charge is -2.49. The Morgan fingerprint density at radius 2 is 1.76 bits per heavy atom. The molecule has 1 aromatic rings. The quantitative estimate of drug-likeness (QED) is 0.0596. The van der Waals surface area contributed by atoms with Gasteiger partial charge in [0.2, 0.25) is 17.8 Å². The molecule has 1 aromatic carbocycles. The van der Waals surface area contributed by atoms with Crippen LogP contribution in [0.15, 0.2) is 45.6 Å². The Balaban J connectivity index is 1.71. The molecule has 1 saturated heterocycles. The zero-order valence-electron chi connectivity index (χ0n) is 25.8. The van der Waals surface area contributed by atoms with E-state index < -0.39 is 75.1 Å². The van der Waals surface area contributed by atoms with Crippen molar-refractivity contribution in [2.45, 2.75) is 57.2 Å². The molecule has 1 N–H and O–H groups in total. The molecule has 1 fully saturated rings. The van der Waals surface area contributed by atoms with Gasteiger partial charge >= 0.3 is 11.9 Å². The van der Waals surface area contributed by atoms with Gasteiger partial charge < -0.3 is 24.4 Å². The molecule has 0 saturated carbocycles. The molecular formula is C28H35N3O12S2. The second kappa shape index (κ2) is 14.5. The van der Waals surface area contributed by atoms with Gasteiger partial charge in [-0.2, -0.15) is 8.42 Å². The molecule has 2 amide bonds. The summed E-state index contributed by atoms with van der Waals surface area (Å²) in [7, 11) is -1.86. The third-order valence-corrected chi connectivity index (χ3v) is 8.94. The number of fused-ring (bicyclic) bond motifs is 1. The van der Waals surface area contributed by atoms with Crippen LogP contribution in [0.2, 0.25) is 0 Å². The minimum Gasteiger partial charge on any atom is -0.425 e. The van der Waals surface area contributed by atoms with Crippen molar-refractivity contribution in [1.82, 2.24) is 10.2 Å². The van der Waals surface area contributed by atoms with E-state index in [9.17, 15) is 32.4 Å². The number of rotatable bonds is 13. The molecule has 2 aliphatic rings. The first-order valence-corrected chi connectivity index (χ1v) is 16.0. The predicted octanol–water partition coefficient (Wildman–Crippen LogP) is 1.05. The van der Waals surface area contributed by atoms with Gasteiger partial charge in [0, 0.05) is 19.8 Å². The van der Waals surface area contributed by atoms with Crippen molar-refractivity contribution >= 4 is 57.1 Å². The van der Waals surface area contributed by atoms with Crippen molar-refractivity contribution in [3.05, 3.63) is 41.1 Å². The Morgan fingerprint density at radius 3 is 2.33 bits per heavy atom. The van der Waals surface area contributed by atoms with Crippen LogP contribution in [0.1, 0.15) is 33.3 Å². The topological polar surface area (TPSA) is 193 Å². The lowest BCUT2D eigenvalue weighted by atomic mass is 9.97. The maximum Gasteiger partial charge on any atom is 0.358 e. The van der Waals surface area contributed by atoms with Crippen LogP contribution in [0.3, 0.4) is 0 Å². The maximum atomic E-state index is 13.2. The SMILES string of the molecule is COCC1=C(C(=O)OC(C)OC(=O)C(C)(C)C)N2C(=O)C(NC(=O)C(=NOC)C(=O)COS(=O)(=O)c3ccc(C)cc3)[C@@H]2SC1. The molecule has 0 spiro atoms. The summed E-state index contributed by atoms with van der Waals surface area (Å²) < 4.78 is 45.5. The summed E-state index contributed by atoms with van der Waals surface area (Å²) in [4.78, 5) is 70.0. The van der Waals surface area contributed by atoms with E-state index in [0.717, 1.165) is 17.6 Å². The number of nitrogens with one attached hydrogen (secondary N) is 1. The van der Waals surface area contributed by atoms with Gasteiger partial charge in [-0.1, -0.05) is 22.9 Å². The summed E-state index contributed by atoms with van der Waals surface area (Å²) in [6.45, 7) is 6.95. The fourth-order valence-electron chi connectivity index (χ4n) is 4.01. The summed E-state index contributed by atoms with van der Waals surface area (Å²) in [5.41, 5.74) is -0.567. The van der Waals surface area contributed by atoms with Gasteiger partial charge in [-0.15, -0.1) is 11.8 Å². The van der Waals surface area contributed by atoms with Crippen molar-refractivity contribution in [2.24, 2.45) is 10.6 Å². The van der Waals surface area contributed by atoms with E-state index >= 15 is 0 Å². The summed E-state index contributed by atoms with van der Waals surface area (Å²) in [5.74, 6) is -4.29. The molecule has 0 radical (unpaired) electrons. The first-order valence-electron chi connectivity index (χ1n) is 13.5. The van der Waals surface area contributed by atoms with Crippen LogP contribution in [0.5, 0.6) is 0 Å². The number of β-lactam (4-membered cyclic amide) rings is 1. The molecule has 3 atom stereocenters. The third-order valence-electron chi connectivity index (χ3n) is 6.32. The van der Waals surface area contributed by atoms with Crippen LogP contribution < -0.4 is 5.32 Å². The molecule has 2 aliphatic heterocycles. The van der Waals surface area contributed by atoms with Crippen LogP contribution >= 0.6 is 11.8 Å². The number of carbonyl (C=O) groups excluding carboxylic acids is 5. The molecule has 0 aromatic heterocycles. The number of ether oxygens (including phenoxy) is 3. The number of aryl methyl sites for hydroxylation is 1. The average Bonchev–Trinajstić information content (AvgIpc) is 2.96. The van der Waals surface area contributed by atoms with Gasteiger partial charge in [0.25, 0.3) is 21.9 Å². The summed E-state index contributed by atoms with van der Waals surface area (Å²) in [5, 5.41) is 5.02. The molecule has 246 valence electrons. The van der Waals surface area contributed by atoms with Crippen molar-refractivity contribution < 1.29 is 55.6 Å². The van der Waals surface area contributed by atoms with E-state index in [1.54, 1.807) is 39.8 Å². The number of hydrogen-bond acceptors (Lipinski definition) is 14. The highest BCUT2D eigenvalue weighted by atomic mass is 32.2. The standard InChI is InChI=1S/C28H35N3O12S2/c1-15-8-10-18(11-9-15)45(37,38)41-13-19(32)20(30-40-7)23(33)29-21-24(34)31-22(17(12-39-6)14-44-25(21)31)26(35)42-16(2)43-27(36)28(3,4)5/h8-11,16,21,25H,12-14H2,1-7H3,(H,29,33)/t16?,21?,25-/m0/s1. The summed E-state index contributed by atoms with van der Waals surface area (Å²) in [6, 6.07) is 4.51. The Labute approximate surface area is 264 Å². The number of methoxy groups -OCH3 is 1.